The van der Waals surface area contributed by atoms with Crippen molar-refractivity contribution >= 4 is 23.5 Å². The van der Waals surface area contributed by atoms with E-state index >= 15 is 0 Å². The van der Waals surface area contributed by atoms with Gasteiger partial charge in [0.2, 0.25) is 5.16 Å². The van der Waals surface area contributed by atoms with Gasteiger partial charge in [-0.1, -0.05) is 11.8 Å². The number of aromatic nitrogens is 4. The summed E-state index contributed by atoms with van der Waals surface area (Å²) in [5.74, 6) is 4.15. The highest BCUT2D eigenvalue weighted by molar-refractivity contribution is 7.99. The first-order valence-corrected chi connectivity index (χ1v) is 7.45. The Balaban J connectivity index is 1.54. The Bertz CT molecular complexity index is 429. The zero-order valence-electron chi connectivity index (χ0n) is 9.57. The van der Waals surface area contributed by atoms with E-state index in [1.165, 1.54) is 0 Å². The molecule has 0 amide bonds. The molecule has 0 atom stereocenters. The SMILES string of the molecule is Cn1nnnc1SCCCSCc1ccco1. The summed E-state index contributed by atoms with van der Waals surface area (Å²) in [7, 11) is 1.86. The fourth-order valence-corrected chi connectivity index (χ4v) is 3.07. The Morgan fingerprint density at radius 2 is 2.35 bits per heavy atom. The van der Waals surface area contributed by atoms with Crippen molar-refractivity contribution in [2.75, 3.05) is 11.5 Å². The summed E-state index contributed by atoms with van der Waals surface area (Å²) in [4.78, 5) is 0. The van der Waals surface area contributed by atoms with Crippen LogP contribution in [0.2, 0.25) is 0 Å². The smallest absolute Gasteiger partial charge is 0.209 e. The predicted molar refractivity (Wildman–Crippen MR) is 69.0 cm³/mol. The summed E-state index contributed by atoms with van der Waals surface area (Å²) in [5.41, 5.74) is 0. The van der Waals surface area contributed by atoms with Gasteiger partial charge in [0.25, 0.3) is 0 Å². The van der Waals surface area contributed by atoms with E-state index in [0.717, 1.165) is 34.6 Å². The lowest BCUT2D eigenvalue weighted by atomic mass is 10.5. The molecular weight excluding hydrogens is 256 g/mol. The second-order valence-corrected chi connectivity index (χ2v) is 5.59. The highest BCUT2D eigenvalue weighted by atomic mass is 32.2. The van der Waals surface area contributed by atoms with Crippen LogP contribution in [0.3, 0.4) is 0 Å². The molecule has 5 nitrogen and oxygen atoms in total. The van der Waals surface area contributed by atoms with Crippen LogP contribution >= 0.6 is 23.5 Å². The zero-order valence-corrected chi connectivity index (χ0v) is 11.2. The summed E-state index contributed by atoms with van der Waals surface area (Å²) in [5, 5.41) is 12.2. The first-order valence-electron chi connectivity index (χ1n) is 5.31. The van der Waals surface area contributed by atoms with Gasteiger partial charge in [-0.05, 0) is 34.7 Å². The van der Waals surface area contributed by atoms with Crippen molar-refractivity contribution < 1.29 is 4.42 Å². The van der Waals surface area contributed by atoms with Crippen molar-refractivity contribution in [3.05, 3.63) is 24.2 Å². The number of tetrazole rings is 1. The minimum absolute atomic E-state index is 0.876. The number of aryl methyl sites for hydroxylation is 1. The third-order valence-corrected chi connectivity index (χ3v) is 4.23. The molecule has 0 aromatic carbocycles. The van der Waals surface area contributed by atoms with E-state index in [4.69, 9.17) is 4.42 Å². The Hall–Kier alpha value is -0.950. The number of furan rings is 1. The van der Waals surface area contributed by atoms with E-state index in [9.17, 15) is 0 Å². The minimum Gasteiger partial charge on any atom is -0.468 e. The minimum atomic E-state index is 0.876. The highest BCUT2D eigenvalue weighted by Gasteiger charge is 2.02. The Morgan fingerprint density at radius 1 is 1.41 bits per heavy atom. The van der Waals surface area contributed by atoms with Gasteiger partial charge in [-0.3, -0.25) is 0 Å². The molecule has 92 valence electrons. The average molecular weight is 270 g/mol. The van der Waals surface area contributed by atoms with E-state index in [-0.39, 0.29) is 0 Å². The maximum atomic E-state index is 5.26. The molecule has 17 heavy (non-hydrogen) atoms. The van der Waals surface area contributed by atoms with Crippen LogP contribution in [0, 0.1) is 0 Å². The van der Waals surface area contributed by atoms with Crippen molar-refractivity contribution in [3.63, 3.8) is 0 Å². The van der Waals surface area contributed by atoms with Crippen LogP contribution in [0.4, 0.5) is 0 Å². The van der Waals surface area contributed by atoms with Crippen LogP contribution in [-0.4, -0.2) is 31.7 Å². The molecule has 2 aromatic heterocycles. The number of nitrogens with zero attached hydrogens (tertiary/aromatic N) is 4. The van der Waals surface area contributed by atoms with Crippen molar-refractivity contribution in [1.29, 1.82) is 0 Å². The van der Waals surface area contributed by atoms with Crippen LogP contribution in [-0.2, 0) is 12.8 Å². The van der Waals surface area contributed by atoms with Gasteiger partial charge in [0.1, 0.15) is 5.76 Å². The van der Waals surface area contributed by atoms with E-state index in [2.05, 4.69) is 15.5 Å². The molecular formula is C10H14N4OS2. The number of thioether (sulfide) groups is 2. The Morgan fingerprint density at radius 3 is 3.06 bits per heavy atom. The van der Waals surface area contributed by atoms with E-state index in [0.29, 0.717) is 0 Å². The second-order valence-electron chi connectivity index (χ2n) is 3.42. The third-order valence-electron chi connectivity index (χ3n) is 2.07. The van der Waals surface area contributed by atoms with Gasteiger partial charge < -0.3 is 4.42 Å². The molecule has 0 radical (unpaired) electrons. The molecule has 0 aliphatic carbocycles. The van der Waals surface area contributed by atoms with Gasteiger partial charge in [0.15, 0.2) is 0 Å². The van der Waals surface area contributed by atoms with Crippen molar-refractivity contribution in [3.8, 4) is 0 Å². The first kappa shape index (κ1) is 12.5. The molecule has 0 N–H and O–H groups in total. The Kier molecular flexibility index (Phi) is 4.93. The third kappa shape index (κ3) is 4.08. The molecule has 0 unspecified atom stereocenters. The summed E-state index contributed by atoms with van der Waals surface area (Å²) < 4.78 is 6.95. The van der Waals surface area contributed by atoms with Crippen molar-refractivity contribution in [1.82, 2.24) is 20.2 Å². The number of rotatable bonds is 7. The topological polar surface area (TPSA) is 56.7 Å². The molecule has 0 aliphatic heterocycles. The standard InChI is InChI=1S/C10H14N4OS2/c1-14-10(11-12-13-14)17-7-3-6-16-8-9-4-2-5-15-9/h2,4-5H,3,6-8H2,1H3. The maximum Gasteiger partial charge on any atom is 0.209 e. The van der Waals surface area contributed by atoms with Gasteiger partial charge in [0, 0.05) is 12.8 Å². The monoisotopic (exact) mass is 270 g/mol. The van der Waals surface area contributed by atoms with E-state index < -0.39 is 0 Å². The fourth-order valence-electron chi connectivity index (χ4n) is 1.24. The maximum absolute atomic E-state index is 5.26. The molecule has 0 bridgehead atoms. The van der Waals surface area contributed by atoms with Gasteiger partial charge in [0.05, 0.1) is 12.0 Å². The molecule has 2 rings (SSSR count). The summed E-state index contributed by atoms with van der Waals surface area (Å²) in [6.45, 7) is 0. The lowest BCUT2D eigenvalue weighted by Crippen LogP contribution is -1.94. The zero-order chi connectivity index (χ0) is 11.9. The molecule has 2 aromatic rings. The molecule has 0 saturated carbocycles. The Labute approximate surface area is 108 Å². The van der Waals surface area contributed by atoms with Crippen LogP contribution < -0.4 is 0 Å². The largest absolute Gasteiger partial charge is 0.468 e. The lowest BCUT2D eigenvalue weighted by molar-refractivity contribution is 0.530. The van der Waals surface area contributed by atoms with Gasteiger partial charge in [-0.25, -0.2) is 4.68 Å². The number of hydrogen-bond donors (Lipinski definition) is 0. The van der Waals surface area contributed by atoms with Crippen LogP contribution in [0.5, 0.6) is 0 Å². The predicted octanol–water partition coefficient (Wildman–Crippen LogP) is 2.22. The van der Waals surface area contributed by atoms with Gasteiger partial charge in [-0.2, -0.15) is 11.8 Å². The second kappa shape index (κ2) is 6.70. The summed E-state index contributed by atoms with van der Waals surface area (Å²) >= 11 is 3.58. The van der Waals surface area contributed by atoms with E-state index in [1.807, 2.05) is 30.9 Å². The normalized spacial score (nSPS) is 10.9. The fraction of sp³-hybridized carbons (Fsp3) is 0.500. The lowest BCUT2D eigenvalue weighted by Gasteiger charge is -1.99. The van der Waals surface area contributed by atoms with Crippen molar-refractivity contribution in [2.24, 2.45) is 7.05 Å². The molecule has 2 heterocycles. The molecule has 7 heteroatoms. The number of hydrogen-bond acceptors (Lipinski definition) is 6. The van der Waals surface area contributed by atoms with Gasteiger partial charge >= 0.3 is 0 Å². The van der Waals surface area contributed by atoms with E-state index in [1.54, 1.807) is 22.7 Å². The molecule has 0 spiro atoms. The molecule has 0 aliphatic rings. The van der Waals surface area contributed by atoms with Crippen LogP contribution in [0.15, 0.2) is 28.0 Å². The molecule has 0 saturated heterocycles. The average Bonchev–Trinajstić information content (AvgIpc) is 2.95. The van der Waals surface area contributed by atoms with Crippen LogP contribution in [0.1, 0.15) is 12.2 Å². The highest BCUT2D eigenvalue weighted by Crippen LogP contribution is 2.17. The van der Waals surface area contributed by atoms with Gasteiger partial charge in [-0.15, -0.1) is 5.10 Å². The first-order chi connectivity index (χ1) is 8.36. The quantitative estimate of drug-likeness (QED) is 0.568. The summed E-state index contributed by atoms with van der Waals surface area (Å²) in [6.07, 6.45) is 2.86. The van der Waals surface area contributed by atoms with Crippen molar-refractivity contribution in [2.45, 2.75) is 17.3 Å². The van der Waals surface area contributed by atoms with Crippen LogP contribution in [0.25, 0.3) is 0 Å². The summed E-state index contributed by atoms with van der Waals surface area (Å²) in [6, 6.07) is 3.93. The molecule has 0 fully saturated rings.